The van der Waals surface area contributed by atoms with Gasteiger partial charge in [-0.15, -0.1) is 11.8 Å². The molecule has 2 heterocycles. The lowest BCUT2D eigenvalue weighted by Crippen LogP contribution is -2.38. The summed E-state index contributed by atoms with van der Waals surface area (Å²) in [5.74, 6) is 0.526. The van der Waals surface area contributed by atoms with Crippen LogP contribution in [0.3, 0.4) is 0 Å². The molecule has 2 aromatic rings. The van der Waals surface area contributed by atoms with Gasteiger partial charge in [-0.25, -0.2) is 0 Å². The minimum Gasteiger partial charge on any atom is -0.379 e. The molecule has 1 N–H and O–H groups in total. The van der Waals surface area contributed by atoms with Gasteiger partial charge >= 0.3 is 0 Å². The zero-order chi connectivity index (χ0) is 18.6. The summed E-state index contributed by atoms with van der Waals surface area (Å²) < 4.78 is 7.78. The molecule has 0 bridgehead atoms. The molecular weight excluding hydrogens is 346 g/mol. The highest BCUT2D eigenvalue weighted by atomic mass is 32.2. The maximum atomic E-state index is 12.1. The predicted octanol–water partition coefficient (Wildman–Crippen LogP) is 3.44. The summed E-state index contributed by atoms with van der Waals surface area (Å²) in [4.78, 5) is 14.6. The Morgan fingerprint density at radius 1 is 1.19 bits per heavy atom. The molecule has 0 aliphatic carbocycles. The summed E-state index contributed by atoms with van der Waals surface area (Å²) in [6.07, 6.45) is 2.13. The van der Waals surface area contributed by atoms with E-state index in [9.17, 15) is 4.79 Å². The van der Waals surface area contributed by atoms with Gasteiger partial charge in [0.25, 0.3) is 0 Å². The normalized spacial score (nSPS) is 16.1. The second-order valence-corrected chi connectivity index (χ2v) is 9.49. The molecule has 0 unspecified atom stereocenters. The van der Waals surface area contributed by atoms with Crippen LogP contribution in [-0.2, 0) is 16.1 Å². The molecule has 1 aliphatic heterocycles. The average Bonchev–Trinajstić information content (AvgIpc) is 3.01. The number of nitrogens with one attached hydrogen (secondary N) is 1. The molecule has 1 amide bonds. The fourth-order valence-corrected chi connectivity index (χ4v) is 3.66. The fraction of sp³-hybridized carbons (Fsp3) is 0.550. The van der Waals surface area contributed by atoms with Gasteiger partial charge in [0.2, 0.25) is 5.91 Å². The second kappa shape index (κ2) is 8.46. The van der Waals surface area contributed by atoms with Crippen molar-refractivity contribution in [1.29, 1.82) is 0 Å². The molecule has 1 aliphatic rings. The van der Waals surface area contributed by atoms with Crippen LogP contribution in [0.25, 0.3) is 10.9 Å². The summed E-state index contributed by atoms with van der Waals surface area (Å²) in [5.41, 5.74) is 2.07. The lowest BCUT2D eigenvalue weighted by atomic mass is 10.2. The van der Waals surface area contributed by atoms with Gasteiger partial charge in [0.05, 0.1) is 19.0 Å². The molecule has 1 fully saturated rings. The van der Waals surface area contributed by atoms with Crippen LogP contribution in [0.1, 0.15) is 20.8 Å². The molecular formula is C20H29N3O2S. The van der Waals surface area contributed by atoms with Crippen molar-refractivity contribution in [1.82, 2.24) is 9.47 Å². The van der Waals surface area contributed by atoms with Gasteiger partial charge in [-0.1, -0.05) is 20.8 Å². The predicted molar refractivity (Wildman–Crippen MR) is 110 cm³/mol. The van der Waals surface area contributed by atoms with E-state index in [1.807, 2.05) is 6.07 Å². The quantitative estimate of drug-likeness (QED) is 0.840. The van der Waals surface area contributed by atoms with E-state index < -0.39 is 0 Å². The van der Waals surface area contributed by atoms with E-state index in [2.05, 4.69) is 60.0 Å². The number of thioether (sulfide) groups is 1. The molecule has 0 saturated carbocycles. The third-order valence-electron chi connectivity index (χ3n) is 4.45. The van der Waals surface area contributed by atoms with Crippen LogP contribution in [0.4, 0.5) is 5.69 Å². The van der Waals surface area contributed by atoms with Crippen LogP contribution in [0, 0.1) is 0 Å². The lowest BCUT2D eigenvalue weighted by molar-refractivity contribution is -0.113. The number of benzene rings is 1. The van der Waals surface area contributed by atoms with Crippen molar-refractivity contribution in [3.05, 3.63) is 30.5 Å². The first-order chi connectivity index (χ1) is 12.4. The van der Waals surface area contributed by atoms with E-state index in [1.54, 1.807) is 11.8 Å². The van der Waals surface area contributed by atoms with Crippen LogP contribution in [-0.4, -0.2) is 58.7 Å². The Morgan fingerprint density at radius 2 is 1.96 bits per heavy atom. The van der Waals surface area contributed by atoms with Crippen molar-refractivity contribution >= 4 is 34.3 Å². The van der Waals surface area contributed by atoms with Crippen LogP contribution < -0.4 is 5.32 Å². The number of rotatable bonds is 6. The number of amides is 1. The first-order valence-electron chi connectivity index (χ1n) is 9.23. The second-order valence-electron chi connectivity index (χ2n) is 7.69. The summed E-state index contributed by atoms with van der Waals surface area (Å²) in [7, 11) is 0. The average molecular weight is 376 g/mol. The third-order valence-corrected chi connectivity index (χ3v) is 5.72. The van der Waals surface area contributed by atoms with Crippen molar-refractivity contribution in [2.45, 2.75) is 32.1 Å². The highest BCUT2D eigenvalue weighted by Gasteiger charge is 2.14. The summed E-state index contributed by atoms with van der Waals surface area (Å²) in [6.45, 7) is 12.1. The molecule has 3 rings (SSSR count). The van der Waals surface area contributed by atoms with Crippen LogP contribution >= 0.6 is 11.8 Å². The van der Waals surface area contributed by atoms with Crippen molar-refractivity contribution in [3.8, 4) is 0 Å². The van der Waals surface area contributed by atoms with E-state index in [0.29, 0.717) is 5.75 Å². The number of nitrogens with zero attached hydrogens (tertiary/aromatic N) is 2. The zero-order valence-corrected chi connectivity index (χ0v) is 16.8. The molecule has 0 spiro atoms. The summed E-state index contributed by atoms with van der Waals surface area (Å²) in [5, 5.41) is 4.17. The number of morpholine rings is 1. The van der Waals surface area contributed by atoms with Crippen molar-refractivity contribution in [2.75, 3.05) is 43.9 Å². The summed E-state index contributed by atoms with van der Waals surface area (Å²) in [6, 6.07) is 8.27. The Balaban J connectivity index is 1.58. The van der Waals surface area contributed by atoms with E-state index in [4.69, 9.17) is 4.74 Å². The van der Waals surface area contributed by atoms with Gasteiger partial charge in [-0.3, -0.25) is 9.69 Å². The van der Waals surface area contributed by atoms with E-state index in [1.165, 1.54) is 5.52 Å². The van der Waals surface area contributed by atoms with E-state index in [0.717, 1.165) is 50.5 Å². The number of anilines is 1. The molecule has 1 aromatic carbocycles. The molecule has 0 atom stereocenters. The first kappa shape index (κ1) is 19.3. The SMILES string of the molecule is CC(C)(C)SCC(=O)Nc1ccc2c(ccn2CCN2CCOCC2)c1. The van der Waals surface area contributed by atoms with Gasteiger partial charge in [-0.05, 0) is 24.3 Å². The largest absolute Gasteiger partial charge is 0.379 e. The number of hydrogen-bond donors (Lipinski definition) is 1. The Morgan fingerprint density at radius 3 is 2.69 bits per heavy atom. The number of carbonyl (C=O) groups is 1. The summed E-state index contributed by atoms with van der Waals surface area (Å²) >= 11 is 1.66. The smallest absolute Gasteiger partial charge is 0.234 e. The van der Waals surface area contributed by atoms with Gasteiger partial charge in [0, 0.05) is 53.7 Å². The number of fused-ring (bicyclic) bond motifs is 1. The lowest BCUT2D eigenvalue weighted by Gasteiger charge is -2.26. The Labute approximate surface area is 160 Å². The van der Waals surface area contributed by atoms with Gasteiger partial charge in [-0.2, -0.15) is 0 Å². The van der Waals surface area contributed by atoms with E-state index >= 15 is 0 Å². The number of hydrogen-bond acceptors (Lipinski definition) is 4. The highest BCUT2D eigenvalue weighted by molar-refractivity contribution is 8.01. The molecule has 6 heteroatoms. The Kier molecular flexibility index (Phi) is 6.27. The Bertz CT molecular complexity index is 745. The Hall–Kier alpha value is -1.50. The fourth-order valence-electron chi connectivity index (χ4n) is 3.03. The molecule has 5 nitrogen and oxygen atoms in total. The third kappa shape index (κ3) is 5.50. The topological polar surface area (TPSA) is 46.5 Å². The number of carbonyl (C=O) groups excluding carboxylic acids is 1. The number of aromatic nitrogens is 1. The maximum absolute atomic E-state index is 12.1. The number of ether oxygens (including phenoxy) is 1. The maximum Gasteiger partial charge on any atom is 0.234 e. The highest BCUT2D eigenvalue weighted by Crippen LogP contribution is 2.24. The molecule has 0 radical (unpaired) electrons. The van der Waals surface area contributed by atoms with Crippen LogP contribution in [0.5, 0.6) is 0 Å². The van der Waals surface area contributed by atoms with Crippen molar-refractivity contribution in [3.63, 3.8) is 0 Å². The van der Waals surface area contributed by atoms with Gasteiger partial charge < -0.3 is 14.6 Å². The first-order valence-corrected chi connectivity index (χ1v) is 10.2. The van der Waals surface area contributed by atoms with E-state index in [-0.39, 0.29) is 10.7 Å². The van der Waals surface area contributed by atoms with Crippen molar-refractivity contribution in [2.24, 2.45) is 0 Å². The minimum absolute atomic E-state index is 0.0519. The van der Waals surface area contributed by atoms with Gasteiger partial charge in [0.15, 0.2) is 0 Å². The van der Waals surface area contributed by atoms with Crippen LogP contribution in [0.15, 0.2) is 30.5 Å². The molecule has 26 heavy (non-hydrogen) atoms. The molecule has 1 aromatic heterocycles. The zero-order valence-electron chi connectivity index (χ0n) is 16.0. The van der Waals surface area contributed by atoms with Crippen LogP contribution in [0.2, 0.25) is 0 Å². The molecule has 1 saturated heterocycles. The standard InChI is InChI=1S/C20H29N3O2S/c1-20(2,3)26-15-19(24)21-17-4-5-18-16(14-17)6-7-23(18)9-8-22-10-12-25-13-11-22/h4-7,14H,8-13,15H2,1-3H3,(H,21,24). The minimum atomic E-state index is 0.0519. The van der Waals surface area contributed by atoms with Gasteiger partial charge in [0.1, 0.15) is 0 Å². The monoisotopic (exact) mass is 375 g/mol. The van der Waals surface area contributed by atoms with Crippen molar-refractivity contribution < 1.29 is 9.53 Å². The molecule has 142 valence electrons.